The van der Waals surface area contributed by atoms with Crippen molar-refractivity contribution in [2.45, 2.75) is 39.0 Å². The largest absolute Gasteiger partial charge is 0.356 e. The number of hydrogen-bond acceptors (Lipinski definition) is 2. The molecule has 92 valence electrons. The number of amides is 1. The van der Waals surface area contributed by atoms with Gasteiger partial charge < -0.3 is 10.6 Å². The van der Waals surface area contributed by atoms with Crippen LogP contribution in [0.25, 0.3) is 0 Å². The van der Waals surface area contributed by atoms with E-state index in [1.807, 2.05) is 0 Å². The summed E-state index contributed by atoms with van der Waals surface area (Å²) < 4.78 is 0. The van der Waals surface area contributed by atoms with Crippen LogP contribution in [-0.4, -0.2) is 25.5 Å². The molecule has 2 aliphatic rings. The van der Waals surface area contributed by atoms with Crippen LogP contribution in [0.1, 0.15) is 39.0 Å². The molecule has 1 aliphatic heterocycles. The molecular weight excluding hydrogens is 200 g/mol. The van der Waals surface area contributed by atoms with Crippen molar-refractivity contribution >= 4 is 5.91 Å². The summed E-state index contributed by atoms with van der Waals surface area (Å²) in [7, 11) is 0. The van der Waals surface area contributed by atoms with Crippen LogP contribution < -0.4 is 10.6 Å². The maximum absolute atomic E-state index is 12.0. The molecule has 2 rings (SSSR count). The fourth-order valence-electron chi connectivity index (χ4n) is 3.00. The summed E-state index contributed by atoms with van der Waals surface area (Å²) in [5, 5.41) is 6.51. The van der Waals surface area contributed by atoms with E-state index in [1.165, 1.54) is 25.7 Å². The molecule has 1 heterocycles. The summed E-state index contributed by atoms with van der Waals surface area (Å²) in [5.74, 6) is 1.89. The van der Waals surface area contributed by atoms with Gasteiger partial charge in [0.1, 0.15) is 0 Å². The van der Waals surface area contributed by atoms with Gasteiger partial charge in [0.25, 0.3) is 0 Å². The van der Waals surface area contributed by atoms with Crippen LogP contribution in [0.5, 0.6) is 0 Å². The third kappa shape index (κ3) is 2.97. The monoisotopic (exact) mass is 224 g/mol. The Morgan fingerprint density at radius 2 is 2.00 bits per heavy atom. The van der Waals surface area contributed by atoms with Gasteiger partial charge in [-0.3, -0.25) is 4.79 Å². The first-order valence-corrected chi connectivity index (χ1v) is 6.76. The first-order valence-electron chi connectivity index (χ1n) is 6.76. The van der Waals surface area contributed by atoms with E-state index in [2.05, 4.69) is 17.6 Å². The van der Waals surface area contributed by atoms with E-state index in [1.54, 1.807) is 0 Å². The van der Waals surface area contributed by atoms with Gasteiger partial charge in [0.15, 0.2) is 0 Å². The lowest BCUT2D eigenvalue weighted by molar-refractivity contribution is -0.126. The Kier molecular flexibility index (Phi) is 4.22. The molecule has 0 aromatic rings. The van der Waals surface area contributed by atoms with Crippen molar-refractivity contribution in [1.29, 1.82) is 0 Å². The van der Waals surface area contributed by atoms with E-state index in [9.17, 15) is 4.79 Å². The summed E-state index contributed by atoms with van der Waals surface area (Å²) >= 11 is 0. The Morgan fingerprint density at radius 1 is 1.25 bits per heavy atom. The summed E-state index contributed by atoms with van der Waals surface area (Å²) in [6.45, 7) is 5.33. The van der Waals surface area contributed by atoms with Crippen LogP contribution in [0.15, 0.2) is 0 Å². The summed E-state index contributed by atoms with van der Waals surface area (Å²) in [6.07, 6.45) is 5.97. The van der Waals surface area contributed by atoms with Crippen molar-refractivity contribution < 1.29 is 4.79 Å². The first-order chi connectivity index (χ1) is 7.77. The standard InChI is InChI=1S/C13H24N2O/c1-10-3-2-4-12(10)13(16)15-9-11-5-7-14-8-6-11/h10-12,14H,2-9H2,1H3,(H,15,16). The number of rotatable bonds is 3. The Labute approximate surface area is 98.4 Å². The predicted molar refractivity (Wildman–Crippen MR) is 65.1 cm³/mol. The summed E-state index contributed by atoms with van der Waals surface area (Å²) in [4.78, 5) is 12.0. The van der Waals surface area contributed by atoms with E-state index < -0.39 is 0 Å². The highest BCUT2D eigenvalue weighted by Crippen LogP contribution is 2.31. The third-order valence-corrected chi connectivity index (χ3v) is 4.22. The summed E-state index contributed by atoms with van der Waals surface area (Å²) in [6, 6.07) is 0. The van der Waals surface area contributed by atoms with E-state index in [4.69, 9.17) is 0 Å². The normalized spacial score (nSPS) is 31.6. The minimum absolute atomic E-state index is 0.293. The molecule has 1 saturated heterocycles. The van der Waals surface area contributed by atoms with Gasteiger partial charge in [0.2, 0.25) is 5.91 Å². The molecule has 3 heteroatoms. The molecule has 1 aliphatic carbocycles. The highest BCUT2D eigenvalue weighted by Gasteiger charge is 2.29. The van der Waals surface area contributed by atoms with Crippen molar-refractivity contribution in [2.24, 2.45) is 17.8 Å². The van der Waals surface area contributed by atoms with Crippen LogP contribution in [-0.2, 0) is 4.79 Å². The van der Waals surface area contributed by atoms with Crippen molar-refractivity contribution in [2.75, 3.05) is 19.6 Å². The summed E-state index contributed by atoms with van der Waals surface area (Å²) in [5.41, 5.74) is 0. The van der Waals surface area contributed by atoms with Gasteiger partial charge in [-0.2, -0.15) is 0 Å². The smallest absolute Gasteiger partial charge is 0.223 e. The van der Waals surface area contributed by atoms with Gasteiger partial charge in [-0.1, -0.05) is 13.3 Å². The number of hydrogen-bond donors (Lipinski definition) is 2. The molecule has 2 N–H and O–H groups in total. The molecule has 1 amide bonds. The van der Waals surface area contributed by atoms with Crippen molar-refractivity contribution in [1.82, 2.24) is 10.6 Å². The molecular formula is C13H24N2O. The fourth-order valence-corrected chi connectivity index (χ4v) is 3.00. The Bertz CT molecular complexity index is 236. The van der Waals surface area contributed by atoms with Gasteiger partial charge in [-0.15, -0.1) is 0 Å². The van der Waals surface area contributed by atoms with Crippen LogP contribution >= 0.6 is 0 Å². The second kappa shape index (κ2) is 5.67. The van der Waals surface area contributed by atoms with Gasteiger partial charge in [-0.05, 0) is 50.6 Å². The van der Waals surface area contributed by atoms with Gasteiger partial charge >= 0.3 is 0 Å². The average Bonchev–Trinajstić information content (AvgIpc) is 2.74. The van der Waals surface area contributed by atoms with E-state index in [-0.39, 0.29) is 0 Å². The number of nitrogens with one attached hydrogen (secondary N) is 2. The van der Waals surface area contributed by atoms with Gasteiger partial charge in [0, 0.05) is 12.5 Å². The second-order valence-electron chi connectivity index (χ2n) is 5.45. The van der Waals surface area contributed by atoms with Gasteiger partial charge in [0.05, 0.1) is 0 Å². The lowest BCUT2D eigenvalue weighted by Gasteiger charge is -2.24. The molecule has 2 atom stereocenters. The minimum Gasteiger partial charge on any atom is -0.356 e. The maximum Gasteiger partial charge on any atom is 0.223 e. The zero-order valence-corrected chi connectivity index (χ0v) is 10.3. The van der Waals surface area contributed by atoms with Crippen molar-refractivity contribution in [3.8, 4) is 0 Å². The van der Waals surface area contributed by atoms with Crippen molar-refractivity contribution in [3.63, 3.8) is 0 Å². The number of carbonyl (C=O) groups excluding carboxylic acids is 1. The van der Waals surface area contributed by atoms with E-state index in [0.29, 0.717) is 23.7 Å². The highest BCUT2D eigenvalue weighted by atomic mass is 16.1. The molecule has 1 saturated carbocycles. The number of carbonyl (C=O) groups is 1. The zero-order valence-electron chi connectivity index (χ0n) is 10.3. The molecule has 2 fully saturated rings. The topological polar surface area (TPSA) is 41.1 Å². The van der Waals surface area contributed by atoms with Gasteiger partial charge in [-0.25, -0.2) is 0 Å². The molecule has 0 spiro atoms. The lowest BCUT2D eigenvalue weighted by Crippen LogP contribution is -2.38. The molecule has 0 bridgehead atoms. The average molecular weight is 224 g/mol. The van der Waals surface area contributed by atoms with Crippen LogP contribution in [0, 0.1) is 17.8 Å². The molecule has 2 unspecified atom stereocenters. The third-order valence-electron chi connectivity index (χ3n) is 4.22. The molecule has 0 aromatic carbocycles. The first kappa shape index (κ1) is 11.9. The van der Waals surface area contributed by atoms with E-state index >= 15 is 0 Å². The van der Waals surface area contributed by atoms with Crippen LogP contribution in [0.2, 0.25) is 0 Å². The molecule has 3 nitrogen and oxygen atoms in total. The fraction of sp³-hybridized carbons (Fsp3) is 0.923. The Balaban J connectivity index is 1.70. The zero-order chi connectivity index (χ0) is 11.4. The molecule has 16 heavy (non-hydrogen) atoms. The molecule has 0 radical (unpaired) electrons. The van der Waals surface area contributed by atoms with E-state index in [0.717, 1.165) is 26.1 Å². The molecule has 0 aromatic heterocycles. The Hall–Kier alpha value is -0.570. The maximum atomic E-state index is 12.0. The predicted octanol–water partition coefficient (Wildman–Crippen LogP) is 1.54. The highest BCUT2D eigenvalue weighted by molar-refractivity contribution is 5.79. The second-order valence-corrected chi connectivity index (χ2v) is 5.45. The van der Waals surface area contributed by atoms with Crippen LogP contribution in [0.3, 0.4) is 0 Å². The Morgan fingerprint density at radius 3 is 2.62 bits per heavy atom. The van der Waals surface area contributed by atoms with Crippen LogP contribution in [0.4, 0.5) is 0 Å². The lowest BCUT2D eigenvalue weighted by atomic mass is 9.95. The number of piperidine rings is 1. The quantitative estimate of drug-likeness (QED) is 0.763. The minimum atomic E-state index is 0.293. The SMILES string of the molecule is CC1CCCC1C(=O)NCC1CCNCC1. The van der Waals surface area contributed by atoms with Crippen molar-refractivity contribution in [3.05, 3.63) is 0 Å².